The lowest BCUT2D eigenvalue weighted by atomic mass is 9.86. The molecule has 1 rings (SSSR count). The fourth-order valence-corrected chi connectivity index (χ4v) is 2.67. The van der Waals surface area contributed by atoms with Crippen LogP contribution in [-0.4, -0.2) is 25.3 Å². The maximum absolute atomic E-state index is 5.83. The van der Waals surface area contributed by atoms with Gasteiger partial charge in [0.1, 0.15) is 0 Å². The Morgan fingerprint density at radius 2 is 1.93 bits per heavy atom. The summed E-state index contributed by atoms with van der Waals surface area (Å²) in [7, 11) is 1.85. The fraction of sp³-hybridized carbons (Fsp3) is 0.846. The highest BCUT2D eigenvalue weighted by Crippen LogP contribution is 2.33. The van der Waals surface area contributed by atoms with E-state index in [1.165, 1.54) is 25.7 Å². The Balaban J connectivity index is 2.73. The van der Waals surface area contributed by atoms with Crippen molar-refractivity contribution in [2.45, 2.75) is 57.1 Å². The molecule has 2 heteroatoms. The molecule has 0 heterocycles. The predicted octanol–water partition coefficient (Wildman–Crippen LogP) is 2.89. The largest absolute Gasteiger partial charge is 0.376 e. The molecule has 1 N–H and O–H groups in total. The van der Waals surface area contributed by atoms with Gasteiger partial charge in [-0.25, -0.2) is 0 Å². The van der Waals surface area contributed by atoms with Crippen LogP contribution < -0.4 is 5.32 Å². The normalized spacial score (nSPS) is 23.1. The summed E-state index contributed by atoms with van der Waals surface area (Å²) in [5.41, 5.74) is -0.00569. The van der Waals surface area contributed by atoms with Gasteiger partial charge in [0.15, 0.2) is 0 Å². The van der Waals surface area contributed by atoms with Gasteiger partial charge in [-0.15, -0.1) is 6.58 Å². The van der Waals surface area contributed by atoms with Crippen molar-refractivity contribution in [1.82, 2.24) is 5.32 Å². The number of hydrogen-bond donors (Lipinski definition) is 1. The topological polar surface area (TPSA) is 21.3 Å². The molecule has 0 bridgehead atoms. The van der Waals surface area contributed by atoms with Gasteiger partial charge in [0.05, 0.1) is 11.6 Å². The molecule has 1 atom stereocenters. The Morgan fingerprint density at radius 1 is 1.33 bits per heavy atom. The van der Waals surface area contributed by atoms with Crippen molar-refractivity contribution in [2.75, 3.05) is 13.7 Å². The molecule has 0 aromatic carbocycles. The van der Waals surface area contributed by atoms with E-state index in [2.05, 4.69) is 18.8 Å². The minimum Gasteiger partial charge on any atom is -0.376 e. The molecule has 1 saturated carbocycles. The van der Waals surface area contributed by atoms with Crippen LogP contribution in [0.3, 0.4) is 0 Å². The highest BCUT2D eigenvalue weighted by Gasteiger charge is 2.36. The molecule has 0 saturated heterocycles. The van der Waals surface area contributed by atoms with E-state index in [1.54, 1.807) is 0 Å². The van der Waals surface area contributed by atoms with Crippen molar-refractivity contribution >= 4 is 0 Å². The van der Waals surface area contributed by atoms with Crippen LogP contribution in [0, 0.1) is 0 Å². The van der Waals surface area contributed by atoms with Crippen LogP contribution in [0.2, 0.25) is 0 Å². The quantitative estimate of drug-likeness (QED) is 0.557. The van der Waals surface area contributed by atoms with E-state index in [1.807, 2.05) is 13.2 Å². The van der Waals surface area contributed by atoms with Crippen LogP contribution in [0.5, 0.6) is 0 Å². The number of ether oxygens (including phenoxy) is 1. The van der Waals surface area contributed by atoms with E-state index in [-0.39, 0.29) is 5.60 Å². The van der Waals surface area contributed by atoms with Crippen molar-refractivity contribution in [3.63, 3.8) is 0 Å². The standard InChI is InChI=1S/C13H25NO/c1-4-12(14-5-2)13(15-3)10-8-6-7-9-11-13/h4,12,14H,1,5-11H2,2-3H3. The second-order valence-corrected chi connectivity index (χ2v) is 4.45. The second kappa shape index (κ2) is 6.29. The number of nitrogens with one attached hydrogen (secondary N) is 1. The summed E-state index contributed by atoms with van der Waals surface area (Å²) in [6.07, 6.45) is 9.59. The molecular weight excluding hydrogens is 186 g/mol. The number of likely N-dealkylation sites (N-methyl/N-ethyl adjacent to an activating group) is 1. The smallest absolute Gasteiger partial charge is 0.0866 e. The third kappa shape index (κ3) is 3.05. The lowest BCUT2D eigenvalue weighted by molar-refractivity contribution is -0.0403. The molecule has 0 aliphatic heterocycles. The zero-order valence-electron chi connectivity index (χ0n) is 10.2. The average Bonchev–Trinajstić information content (AvgIpc) is 2.52. The van der Waals surface area contributed by atoms with Gasteiger partial charge < -0.3 is 10.1 Å². The van der Waals surface area contributed by atoms with Gasteiger partial charge in [-0.2, -0.15) is 0 Å². The van der Waals surface area contributed by atoms with Crippen LogP contribution in [0.1, 0.15) is 45.4 Å². The molecule has 88 valence electrons. The van der Waals surface area contributed by atoms with E-state index < -0.39 is 0 Å². The monoisotopic (exact) mass is 211 g/mol. The zero-order valence-corrected chi connectivity index (χ0v) is 10.2. The molecule has 1 fully saturated rings. The van der Waals surface area contributed by atoms with Gasteiger partial charge in [-0.05, 0) is 19.4 Å². The fourth-order valence-electron chi connectivity index (χ4n) is 2.67. The minimum atomic E-state index is -0.00569. The molecule has 1 aliphatic rings. The first-order valence-corrected chi connectivity index (χ1v) is 6.20. The summed E-state index contributed by atoms with van der Waals surface area (Å²) < 4.78 is 5.83. The SMILES string of the molecule is C=CC(NCC)C1(OC)CCCCCC1. The van der Waals surface area contributed by atoms with Gasteiger partial charge in [0.25, 0.3) is 0 Å². The van der Waals surface area contributed by atoms with Crippen molar-refractivity contribution in [2.24, 2.45) is 0 Å². The van der Waals surface area contributed by atoms with Gasteiger partial charge in [-0.3, -0.25) is 0 Å². The highest BCUT2D eigenvalue weighted by molar-refractivity contribution is 5.03. The third-order valence-electron chi connectivity index (χ3n) is 3.58. The molecule has 15 heavy (non-hydrogen) atoms. The molecular formula is C13H25NO. The van der Waals surface area contributed by atoms with E-state index in [4.69, 9.17) is 4.74 Å². The van der Waals surface area contributed by atoms with Gasteiger partial charge in [-0.1, -0.05) is 38.7 Å². The summed E-state index contributed by atoms with van der Waals surface area (Å²) in [5.74, 6) is 0. The molecule has 0 spiro atoms. The van der Waals surface area contributed by atoms with E-state index in [0.717, 1.165) is 19.4 Å². The number of methoxy groups -OCH3 is 1. The molecule has 0 aromatic rings. The number of rotatable bonds is 5. The zero-order chi connectivity index (χ0) is 11.1. The summed E-state index contributed by atoms with van der Waals surface area (Å²) in [6.45, 7) is 7.05. The summed E-state index contributed by atoms with van der Waals surface area (Å²) in [4.78, 5) is 0. The Labute approximate surface area is 94.1 Å². The molecule has 0 radical (unpaired) electrons. The summed E-state index contributed by atoms with van der Waals surface area (Å²) >= 11 is 0. The van der Waals surface area contributed by atoms with Gasteiger partial charge in [0.2, 0.25) is 0 Å². The lowest BCUT2D eigenvalue weighted by Gasteiger charge is -2.38. The molecule has 2 nitrogen and oxygen atoms in total. The summed E-state index contributed by atoms with van der Waals surface area (Å²) in [6, 6.07) is 0.297. The minimum absolute atomic E-state index is 0.00569. The third-order valence-corrected chi connectivity index (χ3v) is 3.58. The van der Waals surface area contributed by atoms with Crippen LogP contribution in [0.4, 0.5) is 0 Å². The predicted molar refractivity (Wildman–Crippen MR) is 65.1 cm³/mol. The Bertz CT molecular complexity index is 183. The van der Waals surface area contributed by atoms with Gasteiger partial charge in [0, 0.05) is 7.11 Å². The van der Waals surface area contributed by atoms with Crippen molar-refractivity contribution in [1.29, 1.82) is 0 Å². The van der Waals surface area contributed by atoms with Crippen LogP contribution in [-0.2, 0) is 4.74 Å². The molecule has 1 aliphatic carbocycles. The molecule has 0 aromatic heterocycles. The average molecular weight is 211 g/mol. The first kappa shape index (κ1) is 12.7. The van der Waals surface area contributed by atoms with Crippen LogP contribution >= 0.6 is 0 Å². The second-order valence-electron chi connectivity index (χ2n) is 4.45. The Morgan fingerprint density at radius 3 is 2.33 bits per heavy atom. The van der Waals surface area contributed by atoms with Crippen LogP contribution in [0.15, 0.2) is 12.7 Å². The first-order chi connectivity index (χ1) is 7.29. The highest BCUT2D eigenvalue weighted by atomic mass is 16.5. The van der Waals surface area contributed by atoms with Crippen molar-refractivity contribution in [3.05, 3.63) is 12.7 Å². The maximum Gasteiger partial charge on any atom is 0.0866 e. The first-order valence-electron chi connectivity index (χ1n) is 6.20. The number of hydrogen-bond acceptors (Lipinski definition) is 2. The lowest BCUT2D eigenvalue weighted by Crippen LogP contribution is -2.50. The Kier molecular flexibility index (Phi) is 5.34. The molecule has 0 amide bonds. The van der Waals surface area contributed by atoms with Gasteiger partial charge >= 0.3 is 0 Å². The van der Waals surface area contributed by atoms with Crippen molar-refractivity contribution in [3.8, 4) is 0 Å². The Hall–Kier alpha value is -0.340. The summed E-state index contributed by atoms with van der Waals surface area (Å²) in [5, 5.41) is 3.48. The van der Waals surface area contributed by atoms with E-state index in [0.29, 0.717) is 6.04 Å². The van der Waals surface area contributed by atoms with E-state index >= 15 is 0 Å². The van der Waals surface area contributed by atoms with Crippen molar-refractivity contribution < 1.29 is 4.74 Å². The maximum atomic E-state index is 5.83. The van der Waals surface area contributed by atoms with E-state index in [9.17, 15) is 0 Å². The molecule has 1 unspecified atom stereocenters. The van der Waals surface area contributed by atoms with Crippen LogP contribution in [0.25, 0.3) is 0 Å².